The summed E-state index contributed by atoms with van der Waals surface area (Å²) in [6, 6.07) is 1.72. The number of amides is 1. The van der Waals surface area contributed by atoms with E-state index in [1.54, 1.807) is 6.07 Å². The molecule has 1 aromatic rings. The molecule has 0 bridgehead atoms. The van der Waals surface area contributed by atoms with Crippen molar-refractivity contribution in [3.63, 3.8) is 0 Å². The Morgan fingerprint density at radius 1 is 1.50 bits per heavy atom. The minimum absolute atomic E-state index is 0.0834. The van der Waals surface area contributed by atoms with Crippen molar-refractivity contribution in [2.45, 2.75) is 37.8 Å². The van der Waals surface area contributed by atoms with E-state index >= 15 is 0 Å². The van der Waals surface area contributed by atoms with Crippen molar-refractivity contribution in [3.8, 4) is 0 Å². The summed E-state index contributed by atoms with van der Waals surface area (Å²) in [6.45, 7) is 0. The highest BCUT2D eigenvalue weighted by Crippen LogP contribution is 2.22. The Kier molecular flexibility index (Phi) is 4.00. The van der Waals surface area contributed by atoms with E-state index in [-0.39, 0.29) is 18.1 Å². The van der Waals surface area contributed by atoms with Gasteiger partial charge in [-0.15, -0.1) is 11.3 Å². The molecule has 16 heavy (non-hydrogen) atoms. The molecule has 0 unspecified atom stereocenters. The van der Waals surface area contributed by atoms with Crippen LogP contribution in [0.15, 0.2) is 15.2 Å². The van der Waals surface area contributed by atoms with Gasteiger partial charge >= 0.3 is 0 Å². The summed E-state index contributed by atoms with van der Waals surface area (Å²) in [5.74, 6) is -0.0899. The van der Waals surface area contributed by atoms with Gasteiger partial charge in [-0.05, 0) is 34.8 Å². The molecular weight excluding hydrogens is 290 g/mol. The van der Waals surface area contributed by atoms with Crippen LogP contribution in [0.2, 0.25) is 0 Å². The topological polar surface area (TPSA) is 49.3 Å². The second-order valence-corrected chi connectivity index (χ2v) is 6.36. The zero-order chi connectivity index (χ0) is 11.5. The number of hydrogen-bond donors (Lipinski definition) is 2. The minimum Gasteiger partial charge on any atom is -0.391 e. The van der Waals surface area contributed by atoms with E-state index in [1.807, 2.05) is 5.38 Å². The van der Waals surface area contributed by atoms with Crippen molar-refractivity contribution in [1.82, 2.24) is 5.32 Å². The first-order valence-corrected chi connectivity index (χ1v) is 7.07. The third-order valence-electron chi connectivity index (χ3n) is 2.88. The molecule has 1 fully saturated rings. The predicted molar refractivity (Wildman–Crippen MR) is 67.7 cm³/mol. The quantitative estimate of drug-likeness (QED) is 0.882. The van der Waals surface area contributed by atoms with Crippen LogP contribution in [0.3, 0.4) is 0 Å². The summed E-state index contributed by atoms with van der Waals surface area (Å²) < 4.78 is 0.946. The number of nitrogens with one attached hydrogen (secondary N) is 1. The Bertz CT molecular complexity index is 380. The SMILES string of the molecule is O=C(N[C@H]1CCCC[C@@H]1O)c1csc(Br)c1. The first-order valence-electron chi connectivity index (χ1n) is 5.40. The molecule has 0 aromatic carbocycles. The second-order valence-electron chi connectivity index (χ2n) is 4.07. The van der Waals surface area contributed by atoms with E-state index < -0.39 is 0 Å². The maximum Gasteiger partial charge on any atom is 0.252 e. The predicted octanol–water partition coefficient (Wildman–Crippen LogP) is 2.54. The molecular formula is C11H14BrNO2S. The van der Waals surface area contributed by atoms with Crippen LogP contribution in [0.1, 0.15) is 36.0 Å². The molecule has 1 saturated carbocycles. The zero-order valence-corrected chi connectivity index (χ0v) is 11.2. The highest BCUT2D eigenvalue weighted by atomic mass is 79.9. The lowest BCUT2D eigenvalue weighted by molar-refractivity contribution is 0.0717. The lowest BCUT2D eigenvalue weighted by atomic mass is 9.92. The number of carbonyl (C=O) groups is 1. The van der Waals surface area contributed by atoms with E-state index in [0.29, 0.717) is 5.56 Å². The Balaban J connectivity index is 1.96. The standard InChI is InChI=1S/C11H14BrNO2S/c12-10-5-7(6-16-10)11(15)13-8-3-1-2-4-9(8)14/h5-6,8-9,14H,1-4H2,(H,13,15)/t8-,9-/m0/s1. The fourth-order valence-corrected chi connectivity index (χ4v) is 3.10. The van der Waals surface area contributed by atoms with Gasteiger partial charge in [-0.25, -0.2) is 0 Å². The number of thiophene rings is 1. The molecule has 0 saturated heterocycles. The van der Waals surface area contributed by atoms with E-state index in [0.717, 1.165) is 29.5 Å². The van der Waals surface area contributed by atoms with Crippen molar-refractivity contribution in [2.75, 3.05) is 0 Å². The van der Waals surface area contributed by atoms with Gasteiger partial charge in [0.05, 0.1) is 21.5 Å². The lowest BCUT2D eigenvalue weighted by Gasteiger charge is -2.28. The highest BCUT2D eigenvalue weighted by Gasteiger charge is 2.24. The molecule has 1 heterocycles. The summed E-state index contributed by atoms with van der Waals surface area (Å²) in [5, 5.41) is 14.5. The smallest absolute Gasteiger partial charge is 0.252 e. The monoisotopic (exact) mass is 303 g/mol. The van der Waals surface area contributed by atoms with Crippen molar-refractivity contribution in [1.29, 1.82) is 0 Å². The Morgan fingerprint density at radius 3 is 2.88 bits per heavy atom. The third kappa shape index (κ3) is 2.84. The van der Waals surface area contributed by atoms with Crippen molar-refractivity contribution in [3.05, 3.63) is 20.8 Å². The van der Waals surface area contributed by atoms with Crippen molar-refractivity contribution < 1.29 is 9.90 Å². The van der Waals surface area contributed by atoms with Gasteiger partial charge in [0, 0.05) is 5.38 Å². The summed E-state index contributed by atoms with van der Waals surface area (Å²) in [7, 11) is 0. The van der Waals surface area contributed by atoms with E-state index in [2.05, 4.69) is 21.2 Å². The number of aliphatic hydroxyl groups is 1. The van der Waals surface area contributed by atoms with Crippen LogP contribution >= 0.6 is 27.3 Å². The van der Waals surface area contributed by atoms with E-state index in [9.17, 15) is 9.90 Å². The molecule has 2 N–H and O–H groups in total. The Labute approximate surface area is 107 Å². The Morgan fingerprint density at radius 2 is 2.25 bits per heavy atom. The number of hydrogen-bond acceptors (Lipinski definition) is 3. The summed E-state index contributed by atoms with van der Waals surface area (Å²) >= 11 is 4.82. The number of aliphatic hydroxyl groups excluding tert-OH is 1. The van der Waals surface area contributed by atoms with Gasteiger partial charge in [0.15, 0.2) is 0 Å². The molecule has 88 valence electrons. The fraction of sp³-hybridized carbons (Fsp3) is 0.545. The molecule has 5 heteroatoms. The van der Waals surface area contributed by atoms with Gasteiger partial charge in [-0.1, -0.05) is 12.8 Å². The maximum absolute atomic E-state index is 11.8. The lowest BCUT2D eigenvalue weighted by Crippen LogP contribution is -2.44. The van der Waals surface area contributed by atoms with Gasteiger partial charge in [-0.2, -0.15) is 0 Å². The van der Waals surface area contributed by atoms with Gasteiger partial charge < -0.3 is 10.4 Å². The molecule has 1 amide bonds. The van der Waals surface area contributed by atoms with Crippen LogP contribution < -0.4 is 5.32 Å². The van der Waals surface area contributed by atoms with Crippen LogP contribution in [-0.2, 0) is 0 Å². The van der Waals surface area contributed by atoms with Crippen LogP contribution in [0.25, 0.3) is 0 Å². The second kappa shape index (κ2) is 5.29. The van der Waals surface area contributed by atoms with E-state index in [1.165, 1.54) is 11.3 Å². The van der Waals surface area contributed by atoms with Gasteiger partial charge in [0.1, 0.15) is 0 Å². The largest absolute Gasteiger partial charge is 0.391 e. The first-order chi connectivity index (χ1) is 7.66. The normalized spacial score (nSPS) is 25.4. The Hall–Kier alpha value is -0.390. The molecule has 1 aliphatic rings. The molecule has 2 atom stereocenters. The molecule has 1 aromatic heterocycles. The molecule has 3 nitrogen and oxygen atoms in total. The maximum atomic E-state index is 11.8. The van der Waals surface area contributed by atoms with Crippen LogP contribution in [0.4, 0.5) is 0 Å². The first kappa shape index (κ1) is 12.1. The third-order valence-corrected chi connectivity index (χ3v) is 4.38. The number of halogens is 1. The van der Waals surface area contributed by atoms with Gasteiger partial charge in [0.2, 0.25) is 0 Å². The average Bonchev–Trinajstić information content (AvgIpc) is 2.68. The fourth-order valence-electron chi connectivity index (χ4n) is 1.96. The molecule has 1 aliphatic carbocycles. The summed E-state index contributed by atoms with van der Waals surface area (Å²) in [4.78, 5) is 11.8. The van der Waals surface area contributed by atoms with E-state index in [4.69, 9.17) is 0 Å². The van der Waals surface area contributed by atoms with Gasteiger partial charge in [0.25, 0.3) is 5.91 Å². The number of carbonyl (C=O) groups excluding carboxylic acids is 1. The van der Waals surface area contributed by atoms with Crippen LogP contribution in [0.5, 0.6) is 0 Å². The molecule has 0 spiro atoms. The summed E-state index contributed by atoms with van der Waals surface area (Å²) in [6.07, 6.45) is 3.41. The van der Waals surface area contributed by atoms with Crippen molar-refractivity contribution >= 4 is 33.2 Å². The van der Waals surface area contributed by atoms with Gasteiger partial charge in [-0.3, -0.25) is 4.79 Å². The molecule has 2 rings (SSSR count). The van der Waals surface area contributed by atoms with Crippen molar-refractivity contribution in [2.24, 2.45) is 0 Å². The van der Waals surface area contributed by atoms with Crippen LogP contribution in [0, 0.1) is 0 Å². The van der Waals surface area contributed by atoms with Crippen LogP contribution in [-0.4, -0.2) is 23.2 Å². The summed E-state index contributed by atoms with van der Waals surface area (Å²) in [5.41, 5.74) is 0.662. The minimum atomic E-state index is -0.389. The highest BCUT2D eigenvalue weighted by molar-refractivity contribution is 9.11. The molecule has 0 aliphatic heterocycles. The number of rotatable bonds is 2. The average molecular weight is 304 g/mol. The zero-order valence-electron chi connectivity index (χ0n) is 8.78. The molecule has 0 radical (unpaired) electrons.